The smallest absolute Gasteiger partial charge is 0.356 e. The SMILES string of the molecule is COC(=O)c1cccc(CCCO[Si](C)(C)C(C)(C)C)n1. The molecule has 0 amide bonds. The van der Waals surface area contributed by atoms with Crippen molar-refractivity contribution in [3.8, 4) is 0 Å². The summed E-state index contributed by atoms with van der Waals surface area (Å²) in [6.45, 7) is 12.0. The number of hydrogen-bond acceptors (Lipinski definition) is 4. The number of esters is 1. The Balaban J connectivity index is 2.48. The number of pyridine rings is 1. The number of methoxy groups -OCH3 is 1. The first-order valence-corrected chi connectivity index (χ1v) is 10.3. The summed E-state index contributed by atoms with van der Waals surface area (Å²) in [6.07, 6.45) is 1.71. The van der Waals surface area contributed by atoms with Gasteiger partial charge in [-0.15, -0.1) is 0 Å². The average Bonchev–Trinajstić information content (AvgIpc) is 2.42. The van der Waals surface area contributed by atoms with Gasteiger partial charge in [0.2, 0.25) is 0 Å². The fourth-order valence-corrected chi connectivity index (χ4v) is 2.72. The van der Waals surface area contributed by atoms with E-state index in [1.807, 2.05) is 12.1 Å². The molecule has 0 bridgehead atoms. The van der Waals surface area contributed by atoms with Crippen molar-refractivity contribution >= 4 is 14.3 Å². The molecule has 1 aromatic heterocycles. The number of carbonyl (C=O) groups excluding carboxylic acids is 1. The van der Waals surface area contributed by atoms with Crippen LogP contribution < -0.4 is 0 Å². The molecule has 0 aromatic carbocycles. The molecule has 0 fully saturated rings. The van der Waals surface area contributed by atoms with E-state index in [2.05, 4.69) is 43.6 Å². The van der Waals surface area contributed by atoms with Crippen molar-refractivity contribution in [3.05, 3.63) is 29.6 Å². The molecule has 0 radical (unpaired) electrons. The highest BCUT2D eigenvalue weighted by atomic mass is 28.4. The van der Waals surface area contributed by atoms with E-state index >= 15 is 0 Å². The van der Waals surface area contributed by atoms with Crippen LogP contribution in [0.2, 0.25) is 18.1 Å². The van der Waals surface area contributed by atoms with Crippen LogP contribution in [-0.4, -0.2) is 33.0 Å². The maximum atomic E-state index is 11.4. The van der Waals surface area contributed by atoms with Crippen LogP contribution in [-0.2, 0) is 15.6 Å². The lowest BCUT2D eigenvalue weighted by Crippen LogP contribution is -2.41. The maximum absolute atomic E-state index is 11.4. The second kappa shape index (κ2) is 7.18. The molecule has 1 rings (SSSR count). The van der Waals surface area contributed by atoms with Crippen molar-refractivity contribution in [2.24, 2.45) is 0 Å². The lowest BCUT2D eigenvalue weighted by molar-refractivity contribution is 0.0593. The number of rotatable bonds is 6. The van der Waals surface area contributed by atoms with E-state index in [-0.39, 0.29) is 5.04 Å². The molecule has 0 aliphatic heterocycles. The molecular weight excluding hydrogens is 282 g/mol. The minimum Gasteiger partial charge on any atom is -0.464 e. The van der Waals surface area contributed by atoms with Crippen molar-refractivity contribution in [2.45, 2.75) is 51.7 Å². The van der Waals surface area contributed by atoms with Gasteiger partial charge >= 0.3 is 5.97 Å². The minimum absolute atomic E-state index is 0.232. The van der Waals surface area contributed by atoms with Crippen LogP contribution in [0.5, 0.6) is 0 Å². The zero-order valence-electron chi connectivity index (χ0n) is 14.0. The van der Waals surface area contributed by atoms with Crippen molar-refractivity contribution in [2.75, 3.05) is 13.7 Å². The summed E-state index contributed by atoms with van der Waals surface area (Å²) in [5, 5.41) is 0.232. The van der Waals surface area contributed by atoms with Gasteiger partial charge in [0.1, 0.15) is 5.69 Å². The second-order valence-electron chi connectivity index (χ2n) is 6.72. The normalized spacial score (nSPS) is 12.3. The molecule has 0 saturated carbocycles. The Morgan fingerprint density at radius 2 is 1.95 bits per heavy atom. The minimum atomic E-state index is -1.67. The summed E-state index contributed by atoms with van der Waals surface area (Å²) in [4.78, 5) is 15.7. The van der Waals surface area contributed by atoms with Gasteiger partial charge in [0.15, 0.2) is 8.32 Å². The Kier molecular flexibility index (Phi) is 6.10. The molecule has 0 unspecified atom stereocenters. The molecule has 0 aliphatic carbocycles. The van der Waals surface area contributed by atoms with Crippen LogP contribution in [0.25, 0.3) is 0 Å². The number of nitrogens with zero attached hydrogens (tertiary/aromatic N) is 1. The Labute approximate surface area is 129 Å². The van der Waals surface area contributed by atoms with Gasteiger partial charge in [-0.1, -0.05) is 26.8 Å². The third-order valence-electron chi connectivity index (χ3n) is 4.05. The monoisotopic (exact) mass is 309 g/mol. The zero-order chi connectivity index (χ0) is 16.1. The molecule has 4 nitrogen and oxygen atoms in total. The molecule has 0 aliphatic rings. The Morgan fingerprint density at radius 3 is 2.52 bits per heavy atom. The number of aromatic nitrogens is 1. The van der Waals surface area contributed by atoms with Crippen LogP contribution in [0.3, 0.4) is 0 Å². The van der Waals surface area contributed by atoms with E-state index < -0.39 is 14.3 Å². The molecule has 0 N–H and O–H groups in total. The Morgan fingerprint density at radius 1 is 1.29 bits per heavy atom. The highest BCUT2D eigenvalue weighted by Crippen LogP contribution is 2.36. The van der Waals surface area contributed by atoms with Crippen molar-refractivity contribution in [3.63, 3.8) is 0 Å². The van der Waals surface area contributed by atoms with E-state index in [1.54, 1.807) is 6.07 Å². The fraction of sp³-hybridized carbons (Fsp3) is 0.625. The molecule has 1 heterocycles. The van der Waals surface area contributed by atoms with Crippen LogP contribution >= 0.6 is 0 Å². The summed E-state index contributed by atoms with van der Waals surface area (Å²) in [5.41, 5.74) is 1.26. The third kappa shape index (κ3) is 5.25. The van der Waals surface area contributed by atoms with E-state index in [0.29, 0.717) is 5.69 Å². The first-order valence-electron chi connectivity index (χ1n) is 7.35. The summed E-state index contributed by atoms with van der Waals surface area (Å²) in [6, 6.07) is 5.43. The van der Waals surface area contributed by atoms with Crippen LogP contribution in [0.4, 0.5) is 0 Å². The number of carbonyl (C=O) groups is 1. The topological polar surface area (TPSA) is 48.4 Å². The quantitative estimate of drug-likeness (QED) is 0.455. The second-order valence-corrected chi connectivity index (χ2v) is 11.5. The van der Waals surface area contributed by atoms with Gasteiger partial charge < -0.3 is 9.16 Å². The van der Waals surface area contributed by atoms with E-state index in [4.69, 9.17) is 4.43 Å². The summed E-state index contributed by atoms with van der Waals surface area (Å²) in [7, 11) is -0.307. The largest absolute Gasteiger partial charge is 0.464 e. The third-order valence-corrected chi connectivity index (χ3v) is 8.59. The summed E-state index contributed by atoms with van der Waals surface area (Å²) < 4.78 is 10.8. The number of aryl methyl sites for hydroxylation is 1. The lowest BCUT2D eigenvalue weighted by atomic mass is 10.2. The predicted molar refractivity (Wildman–Crippen MR) is 87.0 cm³/mol. The van der Waals surface area contributed by atoms with Crippen molar-refractivity contribution in [1.82, 2.24) is 4.98 Å². The predicted octanol–water partition coefficient (Wildman–Crippen LogP) is 3.82. The zero-order valence-corrected chi connectivity index (χ0v) is 15.0. The highest BCUT2D eigenvalue weighted by molar-refractivity contribution is 6.74. The molecule has 118 valence electrons. The van der Waals surface area contributed by atoms with Gasteiger partial charge in [-0.25, -0.2) is 9.78 Å². The molecule has 21 heavy (non-hydrogen) atoms. The van der Waals surface area contributed by atoms with Crippen LogP contribution in [0.15, 0.2) is 18.2 Å². The summed E-state index contributed by atoms with van der Waals surface area (Å²) >= 11 is 0. The van der Waals surface area contributed by atoms with Gasteiger partial charge in [-0.05, 0) is 43.1 Å². The van der Waals surface area contributed by atoms with Crippen molar-refractivity contribution in [1.29, 1.82) is 0 Å². The van der Waals surface area contributed by atoms with Crippen LogP contribution in [0.1, 0.15) is 43.4 Å². The lowest BCUT2D eigenvalue weighted by Gasteiger charge is -2.36. The molecule has 0 saturated heterocycles. The molecule has 5 heteroatoms. The number of ether oxygens (including phenoxy) is 1. The summed E-state index contributed by atoms with van der Waals surface area (Å²) in [5.74, 6) is -0.394. The van der Waals surface area contributed by atoms with E-state index in [9.17, 15) is 4.79 Å². The Bertz CT molecular complexity index is 481. The maximum Gasteiger partial charge on any atom is 0.356 e. The first-order chi connectivity index (χ1) is 9.67. The average molecular weight is 309 g/mol. The standard InChI is InChI=1S/C16H27NO3Si/c1-16(2,3)21(5,6)20-12-8-10-13-9-7-11-14(17-13)15(18)19-4/h7,9,11H,8,10,12H2,1-6H3. The molecule has 0 spiro atoms. The first kappa shape index (κ1) is 17.8. The van der Waals surface area contributed by atoms with Gasteiger partial charge in [0, 0.05) is 12.3 Å². The highest BCUT2D eigenvalue weighted by Gasteiger charge is 2.36. The van der Waals surface area contributed by atoms with Gasteiger partial charge in [0.25, 0.3) is 0 Å². The molecular formula is C16H27NO3Si. The van der Waals surface area contributed by atoms with Gasteiger partial charge in [-0.2, -0.15) is 0 Å². The fourth-order valence-electron chi connectivity index (χ4n) is 1.63. The number of hydrogen-bond donors (Lipinski definition) is 0. The van der Waals surface area contributed by atoms with Gasteiger partial charge in [0.05, 0.1) is 7.11 Å². The molecule has 1 aromatic rings. The molecule has 0 atom stereocenters. The van der Waals surface area contributed by atoms with Crippen LogP contribution in [0, 0.1) is 0 Å². The van der Waals surface area contributed by atoms with E-state index in [0.717, 1.165) is 25.1 Å². The van der Waals surface area contributed by atoms with E-state index in [1.165, 1.54) is 7.11 Å². The van der Waals surface area contributed by atoms with Gasteiger partial charge in [-0.3, -0.25) is 0 Å². The Hall–Kier alpha value is -1.20. The van der Waals surface area contributed by atoms with Crippen molar-refractivity contribution < 1.29 is 14.0 Å².